The number of benzene rings is 3. The van der Waals surface area contributed by atoms with Crippen LogP contribution in [0.4, 0.5) is 15.9 Å². The topological polar surface area (TPSA) is 102 Å². The SMILES string of the molecule is COc1ccc(CNc2cc3c(cn2)NC=NC3(N)c2ccc3c(cnn3Cc3cccc(F)c3)c2)cc1. The lowest BCUT2D eigenvalue weighted by Gasteiger charge is -2.31. The number of aromatic nitrogens is 3. The molecule has 38 heavy (non-hydrogen) atoms. The van der Waals surface area contributed by atoms with Gasteiger partial charge >= 0.3 is 0 Å². The summed E-state index contributed by atoms with van der Waals surface area (Å²) < 4.78 is 20.7. The van der Waals surface area contributed by atoms with Crippen molar-refractivity contribution >= 4 is 28.7 Å². The molecule has 1 atom stereocenters. The summed E-state index contributed by atoms with van der Waals surface area (Å²) in [5, 5.41) is 12.0. The van der Waals surface area contributed by atoms with Crippen molar-refractivity contribution in [2.75, 3.05) is 17.7 Å². The molecule has 0 saturated heterocycles. The second-order valence-electron chi connectivity index (χ2n) is 9.19. The predicted molar refractivity (Wildman–Crippen MR) is 147 cm³/mol. The second kappa shape index (κ2) is 9.60. The Labute approximate surface area is 219 Å². The lowest BCUT2D eigenvalue weighted by Crippen LogP contribution is -2.39. The lowest BCUT2D eigenvalue weighted by molar-refractivity contribution is 0.414. The van der Waals surface area contributed by atoms with Gasteiger partial charge < -0.3 is 15.4 Å². The molecule has 2 aromatic heterocycles. The Morgan fingerprint density at radius 1 is 1.03 bits per heavy atom. The maximum Gasteiger partial charge on any atom is 0.163 e. The van der Waals surface area contributed by atoms with Crippen LogP contribution < -0.4 is 21.1 Å². The highest BCUT2D eigenvalue weighted by Gasteiger charge is 2.34. The third kappa shape index (κ3) is 4.44. The van der Waals surface area contributed by atoms with E-state index >= 15 is 0 Å². The molecule has 1 unspecified atom stereocenters. The van der Waals surface area contributed by atoms with E-state index in [-0.39, 0.29) is 5.82 Å². The van der Waals surface area contributed by atoms with Crippen LogP contribution in [0.2, 0.25) is 0 Å². The zero-order chi connectivity index (χ0) is 26.1. The highest BCUT2D eigenvalue weighted by molar-refractivity contribution is 5.84. The van der Waals surface area contributed by atoms with E-state index in [1.807, 2.05) is 59.3 Å². The third-order valence-corrected chi connectivity index (χ3v) is 6.74. The molecule has 0 radical (unpaired) electrons. The molecule has 5 aromatic rings. The first kappa shape index (κ1) is 23.6. The number of hydrogen-bond acceptors (Lipinski definition) is 7. The summed E-state index contributed by atoms with van der Waals surface area (Å²) >= 11 is 0. The van der Waals surface area contributed by atoms with Crippen LogP contribution in [0.25, 0.3) is 10.9 Å². The maximum atomic E-state index is 13.6. The Balaban J connectivity index is 1.28. The van der Waals surface area contributed by atoms with E-state index in [1.54, 1.807) is 31.9 Å². The van der Waals surface area contributed by atoms with Crippen LogP contribution in [0, 0.1) is 5.82 Å². The zero-order valence-electron chi connectivity index (χ0n) is 20.7. The summed E-state index contributed by atoms with van der Waals surface area (Å²) in [5.74, 6) is 1.24. The van der Waals surface area contributed by atoms with E-state index in [9.17, 15) is 4.39 Å². The number of nitrogens with two attached hydrogens (primary N) is 1. The van der Waals surface area contributed by atoms with E-state index < -0.39 is 5.66 Å². The fraction of sp³-hybridized carbons (Fsp3) is 0.138. The smallest absolute Gasteiger partial charge is 0.163 e. The number of nitrogens with zero attached hydrogens (tertiary/aromatic N) is 4. The van der Waals surface area contributed by atoms with E-state index in [0.717, 1.165) is 44.6 Å². The summed E-state index contributed by atoms with van der Waals surface area (Å²) in [6, 6.07) is 22.3. The standard InChI is InChI=1S/C29H26FN7O/c1-38-24-8-5-19(6-9-24)14-32-28-13-25-26(16-33-28)34-18-35-29(25,31)22-7-10-27-21(12-22)15-36-37(27)17-20-3-2-4-23(30)11-20/h2-13,15-16,18H,14,17,31H2,1H3,(H,32,33)(H,34,35). The van der Waals surface area contributed by atoms with Gasteiger partial charge in [-0.2, -0.15) is 5.10 Å². The van der Waals surface area contributed by atoms with Crippen LogP contribution >= 0.6 is 0 Å². The molecule has 9 heteroatoms. The fourth-order valence-electron chi connectivity index (χ4n) is 4.68. The van der Waals surface area contributed by atoms with Crippen molar-refractivity contribution in [2.24, 2.45) is 10.7 Å². The Morgan fingerprint density at radius 2 is 1.89 bits per heavy atom. The minimum absolute atomic E-state index is 0.263. The number of nitrogens with one attached hydrogen (secondary N) is 2. The number of methoxy groups -OCH3 is 1. The number of ether oxygens (including phenoxy) is 1. The third-order valence-electron chi connectivity index (χ3n) is 6.74. The maximum absolute atomic E-state index is 13.6. The number of pyridine rings is 1. The minimum atomic E-state index is -1.11. The first-order chi connectivity index (χ1) is 18.5. The predicted octanol–water partition coefficient (Wildman–Crippen LogP) is 4.85. The largest absolute Gasteiger partial charge is 0.497 e. The lowest BCUT2D eigenvalue weighted by atomic mass is 9.90. The number of aliphatic imine (C=N–C) groups is 1. The number of fused-ring (bicyclic) bond motifs is 2. The normalized spacial score (nSPS) is 16.2. The van der Waals surface area contributed by atoms with Gasteiger partial charge in [-0.3, -0.25) is 10.4 Å². The van der Waals surface area contributed by atoms with Gasteiger partial charge in [0, 0.05) is 17.5 Å². The average molecular weight is 508 g/mol. The van der Waals surface area contributed by atoms with Crippen molar-refractivity contribution in [1.82, 2.24) is 14.8 Å². The minimum Gasteiger partial charge on any atom is -0.497 e. The molecule has 0 amide bonds. The fourth-order valence-corrected chi connectivity index (χ4v) is 4.68. The monoisotopic (exact) mass is 507 g/mol. The van der Waals surface area contributed by atoms with Crippen LogP contribution in [0.15, 0.2) is 90.2 Å². The Hall–Kier alpha value is -4.76. The Morgan fingerprint density at radius 3 is 2.71 bits per heavy atom. The summed E-state index contributed by atoms with van der Waals surface area (Å²) in [6.45, 7) is 1.06. The molecule has 4 N–H and O–H groups in total. The van der Waals surface area contributed by atoms with Gasteiger partial charge in [-0.25, -0.2) is 14.4 Å². The average Bonchev–Trinajstić information content (AvgIpc) is 3.34. The molecule has 0 spiro atoms. The summed E-state index contributed by atoms with van der Waals surface area (Å²) in [5.41, 5.74) is 11.1. The van der Waals surface area contributed by atoms with Crippen LogP contribution in [-0.4, -0.2) is 28.2 Å². The number of rotatable bonds is 7. The summed E-state index contributed by atoms with van der Waals surface area (Å²) in [6.07, 6.45) is 5.15. The van der Waals surface area contributed by atoms with Crippen molar-refractivity contribution < 1.29 is 9.13 Å². The Bertz CT molecular complexity index is 1650. The highest BCUT2D eigenvalue weighted by Crippen LogP contribution is 2.37. The van der Waals surface area contributed by atoms with Crippen LogP contribution in [0.5, 0.6) is 5.75 Å². The van der Waals surface area contributed by atoms with E-state index in [4.69, 9.17) is 10.5 Å². The zero-order valence-corrected chi connectivity index (χ0v) is 20.7. The van der Waals surface area contributed by atoms with Gasteiger partial charge in [0.2, 0.25) is 0 Å². The molecule has 3 aromatic carbocycles. The molecule has 3 heterocycles. The van der Waals surface area contributed by atoms with Gasteiger partial charge in [0.25, 0.3) is 0 Å². The van der Waals surface area contributed by atoms with Crippen LogP contribution in [0.1, 0.15) is 22.3 Å². The van der Waals surface area contributed by atoms with E-state index in [2.05, 4.69) is 25.7 Å². The second-order valence-corrected chi connectivity index (χ2v) is 9.19. The van der Waals surface area contributed by atoms with E-state index in [1.165, 1.54) is 12.1 Å². The van der Waals surface area contributed by atoms with Crippen molar-refractivity contribution in [2.45, 2.75) is 18.8 Å². The Kier molecular flexibility index (Phi) is 5.97. The molecule has 1 aliphatic rings. The quantitative estimate of drug-likeness (QED) is 0.291. The molecule has 6 rings (SSSR count). The van der Waals surface area contributed by atoms with Gasteiger partial charge in [0.15, 0.2) is 5.66 Å². The van der Waals surface area contributed by atoms with Gasteiger partial charge in [-0.05, 0) is 59.2 Å². The summed E-state index contributed by atoms with van der Waals surface area (Å²) in [4.78, 5) is 9.19. The van der Waals surface area contributed by atoms with Crippen molar-refractivity contribution in [3.8, 4) is 5.75 Å². The van der Waals surface area contributed by atoms with Crippen molar-refractivity contribution in [3.63, 3.8) is 0 Å². The van der Waals surface area contributed by atoms with Gasteiger partial charge in [0.05, 0.1) is 43.6 Å². The van der Waals surface area contributed by atoms with Crippen molar-refractivity contribution in [3.05, 3.63) is 113 Å². The summed E-state index contributed by atoms with van der Waals surface area (Å²) in [7, 11) is 1.65. The first-order valence-electron chi connectivity index (χ1n) is 12.2. The van der Waals surface area contributed by atoms with Crippen LogP contribution in [-0.2, 0) is 18.8 Å². The van der Waals surface area contributed by atoms with Gasteiger partial charge in [-0.1, -0.05) is 30.3 Å². The molecule has 0 bridgehead atoms. The first-order valence-corrected chi connectivity index (χ1v) is 12.2. The van der Waals surface area contributed by atoms with Crippen molar-refractivity contribution in [1.29, 1.82) is 0 Å². The van der Waals surface area contributed by atoms with Crippen LogP contribution in [0.3, 0.4) is 0 Å². The molecular formula is C29H26FN7O. The molecule has 0 saturated carbocycles. The highest BCUT2D eigenvalue weighted by atomic mass is 19.1. The molecule has 1 aliphatic heterocycles. The molecule has 8 nitrogen and oxygen atoms in total. The van der Waals surface area contributed by atoms with E-state index in [0.29, 0.717) is 18.9 Å². The number of hydrogen-bond donors (Lipinski definition) is 3. The molecular weight excluding hydrogens is 481 g/mol. The molecule has 0 aliphatic carbocycles. The number of anilines is 2. The molecule has 190 valence electrons. The number of halogens is 1. The van der Waals surface area contributed by atoms with Gasteiger partial charge in [0.1, 0.15) is 17.4 Å². The molecule has 0 fully saturated rings. The van der Waals surface area contributed by atoms with Gasteiger partial charge in [-0.15, -0.1) is 0 Å².